The van der Waals surface area contributed by atoms with Gasteiger partial charge < -0.3 is 9.80 Å². The van der Waals surface area contributed by atoms with Crippen LogP contribution in [0.5, 0.6) is 0 Å². The smallest absolute Gasteiger partial charge is 0.0621 e. The first kappa shape index (κ1) is 48.6. The Morgan fingerprint density at radius 2 is 0.405 bits per heavy atom. The Kier molecular flexibility index (Phi) is 12.2. The van der Waals surface area contributed by atoms with E-state index in [1.807, 2.05) is 0 Å². The molecule has 15 rings (SSSR count). The molecule has 0 heterocycles. The molecule has 0 aliphatic rings. The van der Waals surface area contributed by atoms with Crippen molar-refractivity contribution < 1.29 is 0 Å². The SMILES string of the molecule is C=C.C=C.Cc1ccc2c(N(c3c4ccccc4cc4ccccc34)c3c4ccccc4cc4ccccc34)c3cc(C)c(C)cc3c(N(c3c4ccccc4cc4ccccc34)c3c4ccccc4cc4ccccc34)c2c1. The summed E-state index contributed by atoms with van der Waals surface area (Å²) in [6.45, 7) is 18.8. The van der Waals surface area contributed by atoms with Crippen molar-refractivity contribution in [3.63, 3.8) is 0 Å². The van der Waals surface area contributed by atoms with E-state index in [4.69, 9.17) is 0 Å². The molecule has 2 heteroatoms. The standard InChI is InChI=1S/C73H50N2.2C2H4/c1-45-36-37-64-65(38-45)73(75(70-60-32-16-8-24-52(60)43-53-25-9-17-33-61(53)70)71-62-34-18-10-26-54(62)44-55-27-11-19-35-63(55)71)67-40-47(3)46(2)39-66(67)72(64)74(68-56-28-12-4-20-48(56)41-49-21-5-13-29-57(49)68)69-58-30-14-6-22-50(58)42-51-23-7-15-31-59(51)69;2*1-2/h4-44H,1-3H3;2*1-2H2. The molecule has 0 aromatic heterocycles. The fourth-order valence-corrected chi connectivity index (χ4v) is 12.6. The van der Waals surface area contributed by atoms with Crippen LogP contribution in [-0.4, -0.2) is 0 Å². The number of anilines is 6. The Balaban J connectivity index is 0.00000145. The first-order valence-corrected chi connectivity index (χ1v) is 27.2. The maximum atomic E-state index is 3.00. The zero-order valence-corrected chi connectivity index (χ0v) is 44.9. The molecule has 0 fully saturated rings. The molecule has 0 aliphatic carbocycles. The molecule has 0 atom stereocenters. The third-order valence-corrected chi connectivity index (χ3v) is 16.1. The zero-order chi connectivity index (χ0) is 53.9. The van der Waals surface area contributed by atoms with Gasteiger partial charge in [-0.15, -0.1) is 26.3 Å². The van der Waals surface area contributed by atoms with Gasteiger partial charge in [-0.05, 0) is 117 Å². The highest BCUT2D eigenvalue weighted by Crippen LogP contribution is 2.58. The molecule has 376 valence electrons. The van der Waals surface area contributed by atoms with Crippen molar-refractivity contribution in [1.29, 1.82) is 0 Å². The molecule has 0 saturated heterocycles. The highest BCUT2D eigenvalue weighted by molar-refractivity contribution is 6.32. The van der Waals surface area contributed by atoms with Crippen molar-refractivity contribution in [3.8, 4) is 0 Å². The molecule has 79 heavy (non-hydrogen) atoms. The lowest BCUT2D eigenvalue weighted by atomic mass is 9.89. The molecule has 2 nitrogen and oxygen atoms in total. The van der Waals surface area contributed by atoms with Crippen molar-refractivity contribution >= 4 is 142 Å². The number of rotatable bonds is 6. The molecule has 15 aromatic rings. The lowest BCUT2D eigenvalue weighted by Gasteiger charge is -2.36. The van der Waals surface area contributed by atoms with Gasteiger partial charge in [0.25, 0.3) is 0 Å². The summed E-state index contributed by atoms with van der Waals surface area (Å²) in [5.41, 5.74) is 10.6. The van der Waals surface area contributed by atoms with E-state index in [9.17, 15) is 0 Å². The molecule has 0 aliphatic heterocycles. The lowest BCUT2D eigenvalue weighted by molar-refractivity contribution is 1.33. The van der Waals surface area contributed by atoms with Gasteiger partial charge in [0.1, 0.15) is 0 Å². The number of nitrogens with zero attached hydrogens (tertiary/aromatic N) is 2. The van der Waals surface area contributed by atoms with Crippen LogP contribution < -0.4 is 9.80 Å². The molecule has 0 amide bonds. The Labute approximate surface area is 461 Å². The minimum atomic E-state index is 1.15. The summed E-state index contributed by atoms with van der Waals surface area (Å²) in [7, 11) is 0. The molecule has 0 bridgehead atoms. The average molecular weight is 1010 g/mol. The minimum Gasteiger partial charge on any atom is -0.307 e. The highest BCUT2D eigenvalue weighted by atomic mass is 15.2. The molecular weight excluding hydrogens is 953 g/mol. The van der Waals surface area contributed by atoms with E-state index in [-0.39, 0.29) is 0 Å². The summed E-state index contributed by atoms with van der Waals surface area (Å²) >= 11 is 0. The molecular formula is C77H58N2. The average Bonchev–Trinajstić information content (AvgIpc) is 3.66. The second kappa shape index (κ2) is 19.8. The zero-order valence-electron chi connectivity index (χ0n) is 44.9. The summed E-state index contributed by atoms with van der Waals surface area (Å²) < 4.78 is 0. The fraction of sp³-hybridized carbons (Fsp3) is 0.0390. The highest BCUT2D eigenvalue weighted by Gasteiger charge is 2.32. The van der Waals surface area contributed by atoms with Gasteiger partial charge in [0.15, 0.2) is 0 Å². The number of fused-ring (bicyclic) bond motifs is 10. The van der Waals surface area contributed by atoms with Crippen LogP contribution >= 0.6 is 0 Å². The lowest BCUT2D eigenvalue weighted by Crippen LogP contribution is -2.17. The number of benzene rings is 15. The van der Waals surface area contributed by atoms with Crippen LogP contribution in [0.4, 0.5) is 34.1 Å². The van der Waals surface area contributed by atoms with Gasteiger partial charge in [0, 0.05) is 64.6 Å². The summed E-state index contributed by atoms with van der Waals surface area (Å²) in [5.74, 6) is 0. The van der Waals surface area contributed by atoms with E-state index in [2.05, 4.69) is 306 Å². The van der Waals surface area contributed by atoms with Crippen molar-refractivity contribution in [2.24, 2.45) is 0 Å². The maximum absolute atomic E-state index is 3.00. The van der Waals surface area contributed by atoms with E-state index >= 15 is 0 Å². The number of hydrogen-bond donors (Lipinski definition) is 0. The Morgan fingerprint density at radius 3 is 0.658 bits per heavy atom. The second-order valence-corrected chi connectivity index (χ2v) is 20.6. The molecule has 15 aromatic carbocycles. The van der Waals surface area contributed by atoms with Crippen LogP contribution in [0.2, 0.25) is 0 Å². The van der Waals surface area contributed by atoms with Gasteiger partial charge in [-0.3, -0.25) is 0 Å². The van der Waals surface area contributed by atoms with E-state index in [0.29, 0.717) is 0 Å². The summed E-state index contributed by atoms with van der Waals surface area (Å²) in [5, 5.41) is 23.9. The van der Waals surface area contributed by atoms with Gasteiger partial charge in [-0.1, -0.05) is 212 Å². The fourth-order valence-electron chi connectivity index (χ4n) is 12.6. The monoisotopic (exact) mass is 1010 g/mol. The summed E-state index contributed by atoms with van der Waals surface area (Å²) in [6, 6.07) is 93.6. The summed E-state index contributed by atoms with van der Waals surface area (Å²) in [6.07, 6.45) is 0. The quantitative estimate of drug-likeness (QED) is 0.0930. The topological polar surface area (TPSA) is 6.48 Å². The molecule has 0 N–H and O–H groups in total. The largest absolute Gasteiger partial charge is 0.307 e. The Bertz CT molecular complexity index is 4470. The third-order valence-electron chi connectivity index (χ3n) is 16.1. The second-order valence-electron chi connectivity index (χ2n) is 20.6. The Hall–Kier alpha value is -10.0. The van der Waals surface area contributed by atoms with E-state index < -0.39 is 0 Å². The first-order chi connectivity index (χ1) is 39.0. The van der Waals surface area contributed by atoms with Crippen molar-refractivity contribution in [2.45, 2.75) is 20.8 Å². The van der Waals surface area contributed by atoms with Gasteiger partial charge in [-0.25, -0.2) is 0 Å². The predicted molar refractivity (Wildman–Crippen MR) is 348 cm³/mol. The van der Waals surface area contributed by atoms with Crippen molar-refractivity contribution in [3.05, 3.63) is 292 Å². The van der Waals surface area contributed by atoms with Crippen LogP contribution in [0.25, 0.3) is 108 Å². The minimum absolute atomic E-state index is 1.15. The maximum Gasteiger partial charge on any atom is 0.0621 e. The van der Waals surface area contributed by atoms with Gasteiger partial charge in [0.05, 0.1) is 34.1 Å². The number of hydrogen-bond acceptors (Lipinski definition) is 2. The Morgan fingerprint density at radius 1 is 0.203 bits per heavy atom. The molecule has 0 saturated carbocycles. The van der Waals surface area contributed by atoms with Crippen molar-refractivity contribution in [1.82, 2.24) is 0 Å². The van der Waals surface area contributed by atoms with Crippen LogP contribution in [-0.2, 0) is 0 Å². The van der Waals surface area contributed by atoms with Gasteiger partial charge in [-0.2, -0.15) is 0 Å². The first-order valence-electron chi connectivity index (χ1n) is 27.2. The van der Waals surface area contributed by atoms with Crippen LogP contribution in [0.15, 0.2) is 275 Å². The van der Waals surface area contributed by atoms with E-state index in [1.54, 1.807) is 0 Å². The van der Waals surface area contributed by atoms with E-state index in [0.717, 1.165) is 34.1 Å². The van der Waals surface area contributed by atoms with E-state index in [1.165, 1.54) is 124 Å². The predicted octanol–water partition coefficient (Wildman–Crippen LogP) is 22.7. The van der Waals surface area contributed by atoms with Crippen LogP contribution in [0.1, 0.15) is 16.7 Å². The molecule has 0 unspecified atom stereocenters. The third kappa shape index (κ3) is 7.78. The van der Waals surface area contributed by atoms with Gasteiger partial charge >= 0.3 is 0 Å². The van der Waals surface area contributed by atoms with Crippen LogP contribution in [0, 0.1) is 20.8 Å². The molecule has 0 spiro atoms. The normalized spacial score (nSPS) is 11.4. The van der Waals surface area contributed by atoms with Crippen molar-refractivity contribution in [2.75, 3.05) is 9.80 Å². The summed E-state index contributed by atoms with van der Waals surface area (Å²) in [4.78, 5) is 5.39. The number of aryl methyl sites for hydroxylation is 3. The molecule has 0 radical (unpaired) electrons. The van der Waals surface area contributed by atoms with Gasteiger partial charge in [0.2, 0.25) is 0 Å². The van der Waals surface area contributed by atoms with Crippen LogP contribution in [0.3, 0.4) is 0 Å².